The minimum absolute atomic E-state index is 0.260. The number of aryl methyl sites for hydroxylation is 6. The summed E-state index contributed by atoms with van der Waals surface area (Å²) in [5.74, 6) is 1.61. The molecule has 0 saturated carbocycles. The molecule has 3 aromatic carbocycles. The summed E-state index contributed by atoms with van der Waals surface area (Å²) in [5, 5.41) is 0. The lowest BCUT2D eigenvalue weighted by Crippen LogP contribution is -2.20. The van der Waals surface area contributed by atoms with Crippen molar-refractivity contribution >= 4 is 7.82 Å². The summed E-state index contributed by atoms with van der Waals surface area (Å²) in [7, 11) is -4.30. The van der Waals surface area contributed by atoms with Crippen molar-refractivity contribution in [3.8, 4) is 17.2 Å². The van der Waals surface area contributed by atoms with Crippen molar-refractivity contribution < 1.29 is 18.1 Å². The van der Waals surface area contributed by atoms with Crippen LogP contribution in [-0.4, -0.2) is 0 Å². The number of phosphoric ester groups is 1. The molecule has 0 radical (unpaired) electrons. The molecule has 224 valence electrons. The molecule has 0 heterocycles. The Balaban J connectivity index is 2.34. The Morgan fingerprint density at radius 2 is 0.659 bits per heavy atom. The first-order chi connectivity index (χ1) is 18.5. The van der Waals surface area contributed by atoms with Gasteiger partial charge in [-0.05, 0) is 74.5 Å². The second-order valence-electron chi connectivity index (χ2n) is 14.8. The fraction of sp³-hybridized carbons (Fsp3) is 0.500. The van der Waals surface area contributed by atoms with Crippen molar-refractivity contribution in [3.05, 3.63) is 86.5 Å². The van der Waals surface area contributed by atoms with Gasteiger partial charge in [-0.2, -0.15) is 4.57 Å². The minimum Gasteiger partial charge on any atom is -0.385 e. The van der Waals surface area contributed by atoms with Crippen LogP contribution in [0.5, 0.6) is 17.2 Å². The topological polar surface area (TPSA) is 44.8 Å². The summed E-state index contributed by atoms with van der Waals surface area (Å²) in [6, 6.07) is 12.4. The molecule has 0 amide bonds. The molecule has 41 heavy (non-hydrogen) atoms. The highest BCUT2D eigenvalue weighted by Gasteiger charge is 2.40. The molecule has 0 aliphatic rings. The molecule has 3 rings (SSSR count). The van der Waals surface area contributed by atoms with Crippen LogP contribution in [-0.2, 0) is 20.8 Å². The molecule has 0 N–H and O–H groups in total. The van der Waals surface area contributed by atoms with E-state index in [1.54, 1.807) is 0 Å². The standard InChI is InChI=1S/C36H51O4P/c1-22-16-25(4)31(28(19-22)34(7,8)9)38-41(37,39-32-26(5)17-23(2)20-29(32)35(10,11)12)40-33-27(6)18-24(3)21-30(33)36(13,14)15/h16-21H,1-15H3. The zero-order chi connectivity index (χ0) is 31.3. The van der Waals surface area contributed by atoms with Crippen LogP contribution in [0.2, 0.25) is 0 Å². The normalized spacial score (nSPS) is 12.9. The van der Waals surface area contributed by atoms with Crippen molar-refractivity contribution in [2.75, 3.05) is 0 Å². The molecule has 0 bridgehead atoms. The molecule has 4 nitrogen and oxygen atoms in total. The van der Waals surface area contributed by atoms with Gasteiger partial charge in [-0.3, -0.25) is 0 Å². The quantitative estimate of drug-likeness (QED) is 0.273. The van der Waals surface area contributed by atoms with Gasteiger partial charge in [0.1, 0.15) is 17.2 Å². The van der Waals surface area contributed by atoms with Gasteiger partial charge in [0.15, 0.2) is 0 Å². The van der Waals surface area contributed by atoms with Gasteiger partial charge in [0.25, 0.3) is 0 Å². The highest BCUT2D eigenvalue weighted by Crippen LogP contribution is 2.56. The third kappa shape index (κ3) is 7.58. The lowest BCUT2D eigenvalue weighted by molar-refractivity contribution is 0.288. The Hall–Kier alpha value is -2.71. The molecule has 5 heteroatoms. The summed E-state index contributed by atoms with van der Waals surface area (Å²) >= 11 is 0. The summed E-state index contributed by atoms with van der Waals surface area (Å²) in [5.41, 5.74) is 8.09. The highest BCUT2D eigenvalue weighted by atomic mass is 31.2. The van der Waals surface area contributed by atoms with Crippen LogP contribution in [0.4, 0.5) is 0 Å². The fourth-order valence-corrected chi connectivity index (χ4v) is 6.80. The van der Waals surface area contributed by atoms with Gasteiger partial charge < -0.3 is 13.6 Å². The second kappa shape index (κ2) is 11.2. The van der Waals surface area contributed by atoms with Crippen LogP contribution < -0.4 is 13.6 Å². The maximum Gasteiger partial charge on any atom is 0.647 e. The Kier molecular flexibility index (Phi) is 8.94. The van der Waals surface area contributed by atoms with E-state index in [0.29, 0.717) is 17.2 Å². The average molecular weight is 579 g/mol. The highest BCUT2D eigenvalue weighted by molar-refractivity contribution is 7.49. The summed E-state index contributed by atoms with van der Waals surface area (Å²) in [4.78, 5) is 0. The van der Waals surface area contributed by atoms with Gasteiger partial charge in [0.2, 0.25) is 0 Å². The lowest BCUT2D eigenvalue weighted by atomic mass is 9.84. The molecule has 0 spiro atoms. The van der Waals surface area contributed by atoms with E-state index in [4.69, 9.17) is 13.6 Å². The molecule has 0 fully saturated rings. The van der Waals surface area contributed by atoms with Crippen LogP contribution in [0.1, 0.15) is 112 Å². The van der Waals surface area contributed by atoms with Crippen LogP contribution in [0, 0.1) is 41.5 Å². The smallest absolute Gasteiger partial charge is 0.385 e. The zero-order valence-corrected chi connectivity index (χ0v) is 28.9. The van der Waals surface area contributed by atoms with E-state index in [1.807, 2.05) is 39.0 Å². The number of phosphoric acid groups is 1. The lowest BCUT2D eigenvalue weighted by Gasteiger charge is -2.31. The first-order valence-corrected chi connectivity index (χ1v) is 16.0. The Bertz CT molecular complexity index is 1310. The van der Waals surface area contributed by atoms with E-state index in [1.165, 1.54) is 0 Å². The van der Waals surface area contributed by atoms with Gasteiger partial charge in [-0.25, -0.2) is 0 Å². The Morgan fingerprint density at radius 3 is 0.854 bits per heavy atom. The van der Waals surface area contributed by atoms with E-state index in [-0.39, 0.29) is 16.2 Å². The molecule has 0 atom stereocenters. The first kappa shape index (κ1) is 32.8. The molecular formula is C36H51O4P. The van der Waals surface area contributed by atoms with Gasteiger partial charge in [0.05, 0.1) is 0 Å². The van der Waals surface area contributed by atoms with Crippen LogP contribution in [0.25, 0.3) is 0 Å². The maximum absolute atomic E-state index is 15.2. The molecular weight excluding hydrogens is 527 g/mol. The van der Waals surface area contributed by atoms with E-state index in [0.717, 1.165) is 50.1 Å². The van der Waals surface area contributed by atoms with Crippen LogP contribution >= 0.6 is 7.82 Å². The van der Waals surface area contributed by atoms with Crippen molar-refractivity contribution in [2.45, 2.75) is 120 Å². The number of hydrogen-bond acceptors (Lipinski definition) is 4. The van der Waals surface area contributed by atoms with Crippen LogP contribution in [0.15, 0.2) is 36.4 Å². The number of benzene rings is 3. The summed E-state index contributed by atoms with van der Waals surface area (Å²) < 4.78 is 34.9. The van der Waals surface area contributed by atoms with Crippen molar-refractivity contribution in [2.24, 2.45) is 0 Å². The molecule has 0 aliphatic carbocycles. The maximum atomic E-state index is 15.2. The number of rotatable bonds is 6. The van der Waals surface area contributed by atoms with Gasteiger partial charge in [-0.15, -0.1) is 0 Å². The third-order valence-electron chi connectivity index (χ3n) is 7.29. The van der Waals surface area contributed by atoms with Crippen molar-refractivity contribution in [1.82, 2.24) is 0 Å². The van der Waals surface area contributed by atoms with Gasteiger partial charge >= 0.3 is 7.82 Å². The van der Waals surface area contributed by atoms with E-state index < -0.39 is 7.82 Å². The summed E-state index contributed by atoms with van der Waals surface area (Å²) in [6.45, 7) is 31.3. The monoisotopic (exact) mass is 578 g/mol. The predicted octanol–water partition coefficient (Wildman–Crippen LogP) is 11.1. The SMILES string of the molecule is Cc1cc(C)c(OP(=O)(Oc2c(C)cc(C)cc2C(C)(C)C)Oc2c(C)cc(C)cc2C(C)(C)C)c(C(C)(C)C)c1. The predicted molar refractivity (Wildman–Crippen MR) is 173 cm³/mol. The fourth-order valence-electron chi connectivity index (χ4n) is 5.29. The molecule has 0 saturated heterocycles. The second-order valence-corrected chi connectivity index (χ2v) is 16.3. The molecule has 0 aromatic heterocycles. The minimum atomic E-state index is -4.30. The van der Waals surface area contributed by atoms with Gasteiger partial charge in [-0.1, -0.05) is 115 Å². The van der Waals surface area contributed by atoms with E-state index in [9.17, 15) is 0 Å². The van der Waals surface area contributed by atoms with Crippen LogP contribution in [0.3, 0.4) is 0 Å². The summed E-state index contributed by atoms with van der Waals surface area (Å²) in [6.07, 6.45) is 0. The Labute approximate surface area is 249 Å². The van der Waals surface area contributed by atoms with E-state index >= 15 is 4.57 Å². The van der Waals surface area contributed by atoms with Crippen molar-refractivity contribution in [3.63, 3.8) is 0 Å². The first-order valence-electron chi connectivity index (χ1n) is 14.6. The van der Waals surface area contributed by atoms with Gasteiger partial charge in [0, 0.05) is 16.7 Å². The molecule has 3 aromatic rings. The zero-order valence-electron chi connectivity index (χ0n) is 28.0. The molecule has 0 aliphatic heterocycles. The number of hydrogen-bond donors (Lipinski definition) is 0. The average Bonchev–Trinajstić information content (AvgIpc) is 2.77. The largest absolute Gasteiger partial charge is 0.647 e. The van der Waals surface area contributed by atoms with E-state index in [2.05, 4.69) is 101 Å². The third-order valence-corrected chi connectivity index (χ3v) is 8.51. The van der Waals surface area contributed by atoms with Crippen molar-refractivity contribution in [1.29, 1.82) is 0 Å². The Morgan fingerprint density at radius 1 is 0.439 bits per heavy atom. The molecule has 0 unspecified atom stereocenters.